The number of hydrogen-bond acceptors (Lipinski definition) is 5. The van der Waals surface area contributed by atoms with Gasteiger partial charge in [-0.2, -0.15) is 0 Å². The van der Waals surface area contributed by atoms with Crippen LogP contribution in [0.1, 0.15) is 5.56 Å². The number of carbonyl (C=O) groups excluding carboxylic acids is 3. The number of benzene rings is 2. The number of hydrogen-bond donors (Lipinski definition) is 1. The topological polar surface area (TPSA) is 84.9 Å². The van der Waals surface area contributed by atoms with Gasteiger partial charge in [-0.25, -0.2) is 14.5 Å². The average Bonchev–Trinajstić information content (AvgIpc) is 2.94. The second-order valence-electron chi connectivity index (χ2n) is 5.66. The predicted molar refractivity (Wildman–Crippen MR) is 107 cm³/mol. The molecule has 1 aliphatic rings. The number of esters is 1. The van der Waals surface area contributed by atoms with Gasteiger partial charge in [0.15, 0.2) is 6.61 Å². The van der Waals surface area contributed by atoms with Gasteiger partial charge in [0.1, 0.15) is 11.4 Å². The lowest BCUT2D eigenvalue weighted by molar-refractivity contribution is -0.142. The third-order valence-electron chi connectivity index (χ3n) is 3.78. The number of urea groups is 1. The van der Waals surface area contributed by atoms with Crippen LogP contribution in [0.4, 0.5) is 10.5 Å². The molecule has 3 amide bonds. The van der Waals surface area contributed by atoms with Crippen molar-refractivity contribution in [3.05, 3.63) is 63.2 Å². The number of ether oxygens (including phenoxy) is 2. The summed E-state index contributed by atoms with van der Waals surface area (Å²) in [5.41, 5.74) is 1.15. The highest BCUT2D eigenvalue weighted by atomic mass is 79.9. The van der Waals surface area contributed by atoms with Gasteiger partial charge in [0.2, 0.25) is 0 Å². The molecule has 1 N–H and O–H groups in total. The Bertz CT molecular complexity index is 992. The number of halogens is 2. The number of carbonyl (C=O) groups is 3. The van der Waals surface area contributed by atoms with Gasteiger partial charge in [-0.1, -0.05) is 23.7 Å². The summed E-state index contributed by atoms with van der Waals surface area (Å²) in [6.07, 6.45) is 1.54. The highest BCUT2D eigenvalue weighted by Crippen LogP contribution is 2.28. The minimum absolute atomic E-state index is 0.125. The van der Waals surface area contributed by atoms with Crippen molar-refractivity contribution in [2.45, 2.75) is 0 Å². The normalized spacial score (nSPS) is 15.0. The molecule has 28 heavy (non-hydrogen) atoms. The molecule has 0 saturated carbocycles. The molecular weight excluding hydrogens is 452 g/mol. The maximum Gasteiger partial charge on any atom is 0.343 e. The Kier molecular flexibility index (Phi) is 6.01. The Labute approximate surface area is 174 Å². The standard InChI is InChI=1S/C19H14BrClN2O5/c1-27-17(24)10-28-16-6-5-11(7-14(16)20)8-15-18(25)23(19(26)22-15)13-4-2-3-12(21)9-13/h2-9H,10H2,1H3,(H,22,26)/b15-8-. The largest absolute Gasteiger partial charge is 0.481 e. The van der Waals surface area contributed by atoms with E-state index in [9.17, 15) is 14.4 Å². The summed E-state index contributed by atoms with van der Waals surface area (Å²) in [7, 11) is 1.27. The van der Waals surface area contributed by atoms with Crippen LogP contribution in [0.25, 0.3) is 6.08 Å². The zero-order chi connectivity index (χ0) is 20.3. The van der Waals surface area contributed by atoms with E-state index in [1.807, 2.05) is 0 Å². The number of methoxy groups -OCH3 is 1. The molecule has 2 aromatic rings. The maximum absolute atomic E-state index is 12.6. The molecule has 1 aliphatic heterocycles. The lowest BCUT2D eigenvalue weighted by atomic mass is 10.2. The second-order valence-corrected chi connectivity index (χ2v) is 6.95. The lowest BCUT2D eigenvalue weighted by Gasteiger charge is -2.11. The van der Waals surface area contributed by atoms with E-state index in [1.54, 1.807) is 42.5 Å². The summed E-state index contributed by atoms with van der Waals surface area (Å²) < 4.78 is 10.4. The predicted octanol–water partition coefficient (Wildman–Crippen LogP) is 3.75. The third kappa shape index (κ3) is 4.35. The molecule has 3 rings (SSSR count). The fourth-order valence-corrected chi connectivity index (χ4v) is 3.17. The first-order chi connectivity index (χ1) is 13.4. The molecule has 0 aliphatic carbocycles. The highest BCUT2D eigenvalue weighted by molar-refractivity contribution is 9.10. The van der Waals surface area contributed by atoms with Crippen LogP contribution in [0.2, 0.25) is 5.02 Å². The SMILES string of the molecule is COC(=O)COc1ccc(/C=C2\NC(=O)N(c3cccc(Cl)c3)C2=O)cc1Br. The minimum Gasteiger partial charge on any atom is -0.481 e. The van der Waals surface area contributed by atoms with E-state index in [0.717, 1.165) is 4.90 Å². The number of imide groups is 1. The van der Waals surface area contributed by atoms with E-state index < -0.39 is 17.9 Å². The van der Waals surface area contributed by atoms with E-state index in [0.29, 0.717) is 26.5 Å². The Morgan fingerprint density at radius 2 is 2.04 bits per heavy atom. The summed E-state index contributed by atoms with van der Waals surface area (Å²) in [6, 6.07) is 10.9. The molecule has 1 saturated heterocycles. The van der Waals surface area contributed by atoms with Gasteiger partial charge in [-0.15, -0.1) is 0 Å². The van der Waals surface area contributed by atoms with Gasteiger partial charge < -0.3 is 14.8 Å². The minimum atomic E-state index is -0.560. The van der Waals surface area contributed by atoms with Crippen LogP contribution in [-0.2, 0) is 14.3 Å². The monoisotopic (exact) mass is 464 g/mol. The molecule has 1 heterocycles. The third-order valence-corrected chi connectivity index (χ3v) is 4.64. The molecule has 0 atom stereocenters. The maximum atomic E-state index is 12.6. The number of nitrogens with zero attached hydrogens (tertiary/aromatic N) is 1. The van der Waals surface area contributed by atoms with Gasteiger partial charge in [0, 0.05) is 5.02 Å². The van der Waals surface area contributed by atoms with Crippen molar-refractivity contribution in [3.8, 4) is 5.75 Å². The van der Waals surface area contributed by atoms with E-state index in [1.165, 1.54) is 13.2 Å². The summed E-state index contributed by atoms with van der Waals surface area (Å²) in [5, 5.41) is 2.97. The van der Waals surface area contributed by atoms with Crippen LogP contribution in [0.15, 0.2) is 52.6 Å². The Morgan fingerprint density at radius 3 is 2.71 bits per heavy atom. The second kappa shape index (κ2) is 8.45. The average molecular weight is 466 g/mol. The van der Waals surface area contributed by atoms with Gasteiger partial charge in [-0.05, 0) is 57.9 Å². The number of nitrogens with one attached hydrogen (secondary N) is 1. The molecule has 1 fully saturated rings. The molecule has 0 aromatic heterocycles. The van der Waals surface area contributed by atoms with Crippen LogP contribution in [0.5, 0.6) is 5.75 Å². The summed E-state index contributed by atoms with van der Waals surface area (Å²) >= 11 is 9.29. The van der Waals surface area contributed by atoms with Crippen molar-refractivity contribution in [2.75, 3.05) is 18.6 Å². The van der Waals surface area contributed by atoms with Crippen molar-refractivity contribution in [3.63, 3.8) is 0 Å². The molecule has 144 valence electrons. The van der Waals surface area contributed by atoms with E-state index in [4.69, 9.17) is 16.3 Å². The van der Waals surface area contributed by atoms with Crippen molar-refractivity contribution in [1.82, 2.24) is 5.32 Å². The van der Waals surface area contributed by atoms with Gasteiger partial charge in [0.25, 0.3) is 5.91 Å². The van der Waals surface area contributed by atoms with Crippen LogP contribution < -0.4 is 15.0 Å². The van der Waals surface area contributed by atoms with Gasteiger partial charge in [0.05, 0.1) is 17.3 Å². The van der Waals surface area contributed by atoms with Crippen LogP contribution in [0, 0.1) is 0 Å². The molecule has 0 radical (unpaired) electrons. The Balaban J connectivity index is 1.80. The van der Waals surface area contributed by atoms with E-state index in [-0.39, 0.29) is 12.3 Å². The first kappa shape index (κ1) is 19.9. The van der Waals surface area contributed by atoms with Gasteiger partial charge >= 0.3 is 12.0 Å². The number of anilines is 1. The van der Waals surface area contributed by atoms with Crippen LogP contribution in [-0.4, -0.2) is 31.6 Å². The quantitative estimate of drug-likeness (QED) is 0.413. The molecular formula is C19H14BrClN2O5. The van der Waals surface area contributed by atoms with Crippen molar-refractivity contribution in [2.24, 2.45) is 0 Å². The fourth-order valence-electron chi connectivity index (χ4n) is 2.47. The summed E-state index contributed by atoms with van der Waals surface area (Å²) in [5.74, 6) is -0.553. The lowest BCUT2D eigenvalue weighted by Crippen LogP contribution is -2.30. The molecule has 7 nitrogen and oxygen atoms in total. The first-order valence-electron chi connectivity index (χ1n) is 8.01. The highest BCUT2D eigenvalue weighted by Gasteiger charge is 2.34. The van der Waals surface area contributed by atoms with E-state index >= 15 is 0 Å². The molecule has 9 heteroatoms. The van der Waals surface area contributed by atoms with E-state index in [2.05, 4.69) is 26.0 Å². The zero-order valence-corrected chi connectivity index (χ0v) is 16.9. The van der Waals surface area contributed by atoms with Crippen LogP contribution in [0.3, 0.4) is 0 Å². The first-order valence-corrected chi connectivity index (χ1v) is 9.18. The molecule has 0 spiro atoms. The number of rotatable bonds is 5. The Hall–Kier alpha value is -2.84. The van der Waals surface area contributed by atoms with Gasteiger partial charge in [-0.3, -0.25) is 4.79 Å². The number of amides is 3. The van der Waals surface area contributed by atoms with Crippen molar-refractivity contribution < 1.29 is 23.9 Å². The van der Waals surface area contributed by atoms with Crippen molar-refractivity contribution >= 4 is 57.2 Å². The zero-order valence-electron chi connectivity index (χ0n) is 14.6. The summed E-state index contributed by atoms with van der Waals surface area (Å²) in [6.45, 7) is -0.224. The summed E-state index contributed by atoms with van der Waals surface area (Å²) in [4.78, 5) is 37.1. The van der Waals surface area contributed by atoms with Crippen molar-refractivity contribution in [1.29, 1.82) is 0 Å². The fraction of sp³-hybridized carbons (Fsp3) is 0.105. The van der Waals surface area contributed by atoms with Crippen LogP contribution >= 0.6 is 27.5 Å². The molecule has 0 unspecified atom stereocenters. The molecule has 0 bridgehead atoms. The molecule has 2 aromatic carbocycles. The Morgan fingerprint density at radius 1 is 1.25 bits per heavy atom. The smallest absolute Gasteiger partial charge is 0.343 e.